The molecular formula is C21H27IN4O2. The average Bonchev–Trinajstić information content (AvgIpc) is 3.14. The summed E-state index contributed by atoms with van der Waals surface area (Å²) < 4.78 is 5.41. The van der Waals surface area contributed by atoms with Crippen LogP contribution in [0.5, 0.6) is 0 Å². The largest absolute Gasteiger partial charge is 0.370 e. The van der Waals surface area contributed by atoms with Gasteiger partial charge in [0.2, 0.25) is 0 Å². The Morgan fingerprint density at radius 2 is 1.89 bits per heavy atom. The highest BCUT2D eigenvalue weighted by atomic mass is 127. The van der Waals surface area contributed by atoms with Crippen LogP contribution in [0, 0.1) is 13.8 Å². The number of ether oxygens (including phenoxy) is 1. The number of anilines is 2. The lowest BCUT2D eigenvalue weighted by Gasteiger charge is -2.11. The smallest absolute Gasteiger partial charge is 0.253 e. The lowest BCUT2D eigenvalue weighted by molar-refractivity contribution is -0.124. The van der Waals surface area contributed by atoms with E-state index < -0.39 is 0 Å². The predicted molar refractivity (Wildman–Crippen MR) is 124 cm³/mol. The third-order valence-electron chi connectivity index (χ3n) is 4.34. The highest BCUT2D eigenvalue weighted by Gasteiger charge is 2.23. The first kappa shape index (κ1) is 22.2. The second kappa shape index (κ2) is 10.4. The Balaban J connectivity index is 0.00000280. The van der Waals surface area contributed by atoms with Crippen molar-refractivity contribution in [3.05, 3.63) is 59.2 Å². The van der Waals surface area contributed by atoms with Crippen molar-refractivity contribution in [1.82, 2.24) is 0 Å². The normalized spacial score (nSPS) is 16.4. The van der Waals surface area contributed by atoms with Crippen molar-refractivity contribution < 1.29 is 9.53 Å². The molecule has 1 atom stereocenters. The molecule has 2 aromatic rings. The van der Waals surface area contributed by atoms with Gasteiger partial charge in [-0.2, -0.15) is 0 Å². The highest BCUT2D eigenvalue weighted by Crippen LogP contribution is 2.17. The van der Waals surface area contributed by atoms with E-state index in [1.165, 1.54) is 11.1 Å². The second-order valence-corrected chi connectivity index (χ2v) is 6.89. The minimum Gasteiger partial charge on any atom is -0.370 e. The molecule has 0 aliphatic carbocycles. The quantitative estimate of drug-likeness (QED) is 0.334. The molecular weight excluding hydrogens is 467 g/mol. The molecule has 6 nitrogen and oxygen atoms in total. The summed E-state index contributed by atoms with van der Waals surface area (Å²) in [5, 5.41) is 6.02. The van der Waals surface area contributed by atoms with Crippen LogP contribution < -0.4 is 16.4 Å². The van der Waals surface area contributed by atoms with E-state index in [-0.39, 0.29) is 36.0 Å². The van der Waals surface area contributed by atoms with Gasteiger partial charge in [-0.3, -0.25) is 4.79 Å². The third kappa shape index (κ3) is 6.49. The van der Waals surface area contributed by atoms with Crippen LogP contribution in [0.15, 0.2) is 47.5 Å². The van der Waals surface area contributed by atoms with Crippen LogP contribution >= 0.6 is 24.0 Å². The molecule has 4 N–H and O–H groups in total. The molecule has 0 saturated carbocycles. The molecule has 28 heavy (non-hydrogen) atoms. The van der Waals surface area contributed by atoms with E-state index in [1.807, 2.05) is 50.2 Å². The van der Waals surface area contributed by atoms with Crippen LogP contribution in [0.3, 0.4) is 0 Å². The fraction of sp³-hybridized carbons (Fsp3) is 0.333. The molecule has 0 aromatic heterocycles. The van der Waals surface area contributed by atoms with E-state index in [4.69, 9.17) is 10.5 Å². The van der Waals surface area contributed by atoms with Crippen LogP contribution in [0.4, 0.5) is 11.4 Å². The molecule has 1 unspecified atom stereocenters. The van der Waals surface area contributed by atoms with Gasteiger partial charge in [0.1, 0.15) is 6.10 Å². The summed E-state index contributed by atoms with van der Waals surface area (Å²) in [5.74, 6) is 0.262. The molecule has 1 heterocycles. The number of benzene rings is 2. The van der Waals surface area contributed by atoms with Gasteiger partial charge in [-0.15, -0.1) is 24.0 Å². The summed E-state index contributed by atoms with van der Waals surface area (Å²) >= 11 is 0. The lowest BCUT2D eigenvalue weighted by atomic mass is 10.1. The van der Waals surface area contributed by atoms with Gasteiger partial charge in [0.25, 0.3) is 5.91 Å². The van der Waals surface area contributed by atoms with Crippen LogP contribution in [-0.4, -0.2) is 24.6 Å². The third-order valence-corrected chi connectivity index (χ3v) is 4.34. The monoisotopic (exact) mass is 494 g/mol. The fourth-order valence-corrected chi connectivity index (χ4v) is 3.17. The number of guanidine groups is 1. The average molecular weight is 494 g/mol. The van der Waals surface area contributed by atoms with E-state index in [0.717, 1.165) is 29.8 Å². The molecule has 0 bridgehead atoms. The minimum absolute atomic E-state index is 0. The molecule has 7 heteroatoms. The topological polar surface area (TPSA) is 88.7 Å². The Hall–Kier alpha value is -2.13. The number of nitrogens with zero attached hydrogens (tertiary/aromatic N) is 1. The molecule has 1 aliphatic heterocycles. The van der Waals surface area contributed by atoms with Gasteiger partial charge in [0.05, 0.1) is 6.54 Å². The lowest BCUT2D eigenvalue weighted by Crippen LogP contribution is -2.26. The number of halogens is 1. The molecule has 150 valence electrons. The molecule has 1 saturated heterocycles. The first-order chi connectivity index (χ1) is 13.0. The zero-order valence-corrected chi connectivity index (χ0v) is 18.5. The van der Waals surface area contributed by atoms with E-state index >= 15 is 0 Å². The number of rotatable bonds is 5. The minimum atomic E-state index is -0.343. The zero-order chi connectivity index (χ0) is 19.2. The summed E-state index contributed by atoms with van der Waals surface area (Å²) in [7, 11) is 0. The van der Waals surface area contributed by atoms with Crippen molar-refractivity contribution in [2.45, 2.75) is 39.3 Å². The maximum atomic E-state index is 12.2. The van der Waals surface area contributed by atoms with Gasteiger partial charge in [-0.25, -0.2) is 4.99 Å². The van der Waals surface area contributed by atoms with E-state index in [1.54, 1.807) is 0 Å². The number of nitrogens with two attached hydrogens (primary N) is 1. The molecule has 3 rings (SSSR count). The molecule has 1 fully saturated rings. The van der Waals surface area contributed by atoms with Crippen molar-refractivity contribution >= 4 is 47.2 Å². The molecule has 1 aliphatic rings. The number of carbonyl (C=O) groups is 1. The Bertz CT molecular complexity index is 828. The van der Waals surface area contributed by atoms with Gasteiger partial charge in [-0.1, -0.05) is 18.2 Å². The van der Waals surface area contributed by atoms with Crippen molar-refractivity contribution in [1.29, 1.82) is 0 Å². The van der Waals surface area contributed by atoms with Crippen LogP contribution in [0.2, 0.25) is 0 Å². The summed E-state index contributed by atoms with van der Waals surface area (Å²) in [6, 6.07) is 13.8. The number of aliphatic imine (C=N–C) groups is 1. The maximum Gasteiger partial charge on any atom is 0.253 e. The van der Waals surface area contributed by atoms with Crippen LogP contribution in [-0.2, 0) is 16.1 Å². The molecule has 2 aromatic carbocycles. The number of hydrogen-bond acceptors (Lipinski definition) is 3. The van der Waals surface area contributed by atoms with Gasteiger partial charge in [-0.05, 0) is 67.6 Å². The Kier molecular flexibility index (Phi) is 8.25. The van der Waals surface area contributed by atoms with Gasteiger partial charge < -0.3 is 21.1 Å². The Labute approximate surface area is 183 Å². The number of amides is 1. The first-order valence-corrected chi connectivity index (χ1v) is 9.16. The zero-order valence-electron chi connectivity index (χ0n) is 16.2. The van der Waals surface area contributed by atoms with E-state index in [0.29, 0.717) is 19.1 Å². The van der Waals surface area contributed by atoms with Gasteiger partial charge in [0.15, 0.2) is 5.96 Å². The first-order valence-electron chi connectivity index (χ1n) is 9.16. The summed E-state index contributed by atoms with van der Waals surface area (Å²) in [6.07, 6.45) is 1.36. The van der Waals surface area contributed by atoms with Crippen LogP contribution in [0.25, 0.3) is 0 Å². The van der Waals surface area contributed by atoms with Crippen molar-refractivity contribution in [2.24, 2.45) is 10.7 Å². The number of aryl methyl sites for hydroxylation is 2. The Morgan fingerprint density at radius 3 is 2.57 bits per heavy atom. The highest BCUT2D eigenvalue weighted by molar-refractivity contribution is 14.0. The van der Waals surface area contributed by atoms with E-state index in [9.17, 15) is 4.79 Å². The Morgan fingerprint density at radius 1 is 1.14 bits per heavy atom. The molecule has 0 radical (unpaired) electrons. The van der Waals surface area contributed by atoms with Gasteiger partial charge in [0, 0.05) is 18.0 Å². The SMILES string of the molecule is Cc1cc(C)cc(NC(N)=NCc2cccc(NC(=O)C3CCCO3)c2)c1.I. The predicted octanol–water partition coefficient (Wildman–Crippen LogP) is 3.97. The molecule has 1 amide bonds. The van der Waals surface area contributed by atoms with Gasteiger partial charge >= 0.3 is 0 Å². The standard InChI is InChI=1S/C21H26N4O2.HI/c1-14-9-15(2)11-18(10-14)25-21(22)23-13-16-5-3-6-17(12-16)24-20(26)19-7-4-8-27-19;/h3,5-6,9-12,19H,4,7-8,13H2,1-2H3,(H,24,26)(H3,22,23,25);1H. The fourth-order valence-electron chi connectivity index (χ4n) is 3.17. The number of nitrogens with one attached hydrogen (secondary N) is 2. The molecule has 0 spiro atoms. The van der Waals surface area contributed by atoms with Crippen molar-refractivity contribution in [3.63, 3.8) is 0 Å². The summed E-state index contributed by atoms with van der Waals surface area (Å²) in [5.41, 5.74) is 11.0. The maximum absolute atomic E-state index is 12.2. The number of hydrogen-bond donors (Lipinski definition) is 3. The summed E-state index contributed by atoms with van der Waals surface area (Å²) in [4.78, 5) is 16.5. The van der Waals surface area contributed by atoms with Crippen molar-refractivity contribution in [3.8, 4) is 0 Å². The van der Waals surface area contributed by atoms with Crippen LogP contribution in [0.1, 0.15) is 29.5 Å². The van der Waals surface area contributed by atoms with Crippen molar-refractivity contribution in [2.75, 3.05) is 17.2 Å². The van der Waals surface area contributed by atoms with E-state index in [2.05, 4.69) is 21.7 Å². The second-order valence-electron chi connectivity index (χ2n) is 6.89. The number of carbonyl (C=O) groups excluding carboxylic acids is 1. The summed E-state index contributed by atoms with van der Waals surface area (Å²) in [6.45, 7) is 5.16.